The number of likely N-dealkylation sites (tertiary alicyclic amines) is 1. The minimum absolute atomic E-state index is 0.0621. The molecule has 4 N–H and O–H groups in total. The lowest BCUT2D eigenvalue weighted by Crippen LogP contribution is -2.57. The van der Waals surface area contributed by atoms with E-state index in [1.807, 2.05) is 24.4 Å². The number of methoxy groups -OCH3 is 1. The van der Waals surface area contributed by atoms with Crippen LogP contribution in [0.5, 0.6) is 5.88 Å². The maximum atomic E-state index is 14.0. The van der Waals surface area contributed by atoms with Crippen molar-refractivity contribution >= 4 is 77.4 Å². The molecule has 21 nitrogen and oxygen atoms in total. The number of hydrogen-bond acceptors (Lipinski definition) is 17. The number of aliphatic hydroxyl groups is 1. The van der Waals surface area contributed by atoms with Crippen molar-refractivity contribution in [2.45, 2.75) is 89.4 Å². The maximum Gasteiger partial charge on any atom is 0.471 e. The summed E-state index contributed by atoms with van der Waals surface area (Å²) in [6.07, 6.45) is 11.8. The molecule has 1 aliphatic carbocycles. The van der Waals surface area contributed by atoms with Gasteiger partial charge >= 0.3 is 7.82 Å². The van der Waals surface area contributed by atoms with Crippen molar-refractivity contribution in [1.82, 2.24) is 29.7 Å². The lowest BCUT2D eigenvalue weighted by Gasteiger charge is -2.46. The van der Waals surface area contributed by atoms with Gasteiger partial charge in [0.1, 0.15) is 30.1 Å². The van der Waals surface area contributed by atoms with Crippen LogP contribution in [-0.4, -0.2) is 145 Å². The molecular formula is C52H57N10O11PS. The van der Waals surface area contributed by atoms with E-state index < -0.39 is 44.2 Å². The van der Waals surface area contributed by atoms with Gasteiger partial charge in [0, 0.05) is 91.9 Å². The summed E-state index contributed by atoms with van der Waals surface area (Å²) in [5.41, 5.74) is 7.20. The van der Waals surface area contributed by atoms with Crippen LogP contribution in [0, 0.1) is 0 Å². The highest BCUT2D eigenvalue weighted by molar-refractivity contribution is 7.46. The van der Waals surface area contributed by atoms with E-state index in [1.54, 1.807) is 53.9 Å². The highest BCUT2D eigenvalue weighted by atomic mass is 32.1. The average Bonchev–Trinajstić information content (AvgIpc) is 3.92. The number of hydrogen-bond donors (Lipinski definition) is 4. The third-order valence-corrected chi connectivity index (χ3v) is 17.3. The molecule has 6 aliphatic rings. The van der Waals surface area contributed by atoms with E-state index in [2.05, 4.69) is 47.5 Å². The molecule has 5 aliphatic heterocycles. The van der Waals surface area contributed by atoms with Crippen molar-refractivity contribution < 1.29 is 52.7 Å². The Morgan fingerprint density at radius 1 is 0.800 bits per heavy atom. The molecule has 0 bridgehead atoms. The first-order valence-corrected chi connectivity index (χ1v) is 27.7. The summed E-state index contributed by atoms with van der Waals surface area (Å²) < 4.78 is 21.3. The molecule has 1 unspecified atom stereocenters. The van der Waals surface area contributed by atoms with Crippen molar-refractivity contribution in [1.29, 1.82) is 0 Å². The summed E-state index contributed by atoms with van der Waals surface area (Å²) in [5.74, 6) is -1.64. The number of pyridine rings is 3. The number of aliphatic hydroxyl groups excluding tert-OH is 1. The van der Waals surface area contributed by atoms with Crippen molar-refractivity contribution in [3.63, 3.8) is 0 Å². The number of piperidine rings is 2. The predicted molar refractivity (Wildman–Crippen MR) is 277 cm³/mol. The van der Waals surface area contributed by atoms with E-state index in [-0.39, 0.29) is 42.5 Å². The minimum Gasteiger partial charge on any atom is -0.480 e. The van der Waals surface area contributed by atoms with E-state index in [4.69, 9.17) is 19.5 Å². The molecule has 4 aromatic heterocycles. The van der Waals surface area contributed by atoms with Crippen LogP contribution in [0.1, 0.15) is 97.4 Å². The van der Waals surface area contributed by atoms with Gasteiger partial charge in [-0.3, -0.25) is 48.1 Å². The van der Waals surface area contributed by atoms with Crippen LogP contribution < -0.4 is 24.8 Å². The van der Waals surface area contributed by atoms with E-state index in [0.29, 0.717) is 57.4 Å². The molecule has 3 saturated heterocycles. The van der Waals surface area contributed by atoms with Crippen molar-refractivity contribution in [3.05, 3.63) is 98.6 Å². The van der Waals surface area contributed by atoms with Crippen LogP contribution in [0.15, 0.2) is 61.1 Å². The number of amides is 5. The van der Waals surface area contributed by atoms with Gasteiger partial charge in [-0.15, -0.1) is 11.3 Å². The number of imide groups is 2. The summed E-state index contributed by atoms with van der Waals surface area (Å²) >= 11 is 1.62. The van der Waals surface area contributed by atoms with E-state index in [9.17, 15) is 33.6 Å². The second-order valence-electron chi connectivity index (χ2n) is 19.8. The number of aromatic nitrogens is 3. The van der Waals surface area contributed by atoms with Crippen LogP contribution in [0.3, 0.4) is 0 Å². The van der Waals surface area contributed by atoms with Crippen LogP contribution >= 0.6 is 19.2 Å². The Morgan fingerprint density at radius 2 is 1.59 bits per heavy atom. The molecule has 392 valence electrons. The first-order chi connectivity index (χ1) is 36.2. The first kappa shape index (κ1) is 50.5. The Balaban J connectivity index is 0.702. The molecule has 3 fully saturated rings. The average molecular weight is 1060 g/mol. The predicted octanol–water partition coefficient (Wildman–Crippen LogP) is 5.29. The second-order valence-corrected chi connectivity index (χ2v) is 22.1. The monoisotopic (exact) mass is 1060 g/mol. The number of piperazine rings is 1. The number of nitrogens with one attached hydrogen (secondary N) is 1. The molecule has 75 heavy (non-hydrogen) atoms. The van der Waals surface area contributed by atoms with Gasteiger partial charge in [0.2, 0.25) is 11.8 Å². The zero-order valence-corrected chi connectivity index (χ0v) is 43.2. The van der Waals surface area contributed by atoms with E-state index in [0.717, 1.165) is 98.8 Å². The Kier molecular flexibility index (Phi) is 13.8. The SMILES string of the molecule is COc1ncc(-c2ccnc(N3CCc4c(sc5c4CCCC5)C3=O)c2CO)cc1Nc1ccc(N2CCN(C3CCN(c4ccc5c(c4)C(=O)N(C4CCC(=O)N(COP(=O)(O)O)C4=O)C5=O)CC3)C[C@@H]2C)cn1. The highest BCUT2D eigenvalue weighted by Gasteiger charge is 2.48. The number of aryl methyl sites for hydroxylation is 1. The molecule has 0 saturated carbocycles. The number of phosphoric ester groups is 1. The molecule has 11 rings (SSSR count). The number of fused-ring (bicyclic) bond motifs is 4. The standard InChI is InChI=1S/C52H57N10O11PS/c1-30-27-58(32-14-18-57(19-15-32)33-7-9-38-39(24-33)50(66)62(49(38)65)42-10-12-45(64)61(51(42)67)29-73-74(69,70)71)21-22-59(30)34-8-11-44(54-26-34)56-41-23-31(25-55-48(41)72-2)35-13-17-53-47(40(35)28-63)60-20-16-37-36-5-3-4-6-43(36)75-46(37)52(60)68/h7-9,11,13,17,23-26,30,32,42,63H,3-6,10,12,14-16,18-22,27-29H2,1-2H3,(H,54,56)(H2,69,70,71)/t30-,42?/m0/s1. The lowest BCUT2D eigenvalue weighted by molar-refractivity contribution is -0.155. The fourth-order valence-electron chi connectivity index (χ4n) is 11.7. The first-order valence-electron chi connectivity index (χ1n) is 25.3. The number of rotatable bonds is 13. The third-order valence-electron chi connectivity index (χ3n) is 15.5. The van der Waals surface area contributed by atoms with Crippen LogP contribution in [0.2, 0.25) is 0 Å². The molecule has 5 amide bonds. The summed E-state index contributed by atoms with van der Waals surface area (Å²) in [5, 5.41) is 14.2. The molecule has 23 heteroatoms. The quantitative estimate of drug-likeness (QED) is 0.0864. The molecule has 5 aromatic rings. The highest BCUT2D eigenvalue weighted by Crippen LogP contribution is 2.42. The normalized spacial score (nSPS) is 20.7. The van der Waals surface area contributed by atoms with Crippen LogP contribution in [0.4, 0.5) is 28.7 Å². The topological polar surface area (TPSA) is 252 Å². The van der Waals surface area contributed by atoms with Gasteiger partial charge in [-0.1, -0.05) is 0 Å². The second kappa shape index (κ2) is 20.5. The fourth-order valence-corrected chi connectivity index (χ4v) is 13.4. The van der Waals surface area contributed by atoms with Crippen LogP contribution in [0.25, 0.3) is 11.1 Å². The van der Waals surface area contributed by atoms with Gasteiger partial charge in [0.25, 0.3) is 23.6 Å². The number of benzene rings is 1. The summed E-state index contributed by atoms with van der Waals surface area (Å²) in [6, 6.07) is 12.0. The van der Waals surface area contributed by atoms with E-state index >= 15 is 0 Å². The Hall–Kier alpha value is -6.65. The van der Waals surface area contributed by atoms with Crippen molar-refractivity contribution in [2.75, 3.05) is 73.1 Å². The van der Waals surface area contributed by atoms with Gasteiger partial charge < -0.3 is 34.7 Å². The third kappa shape index (κ3) is 9.57. The lowest BCUT2D eigenvalue weighted by atomic mass is 9.92. The number of thiophene rings is 1. The zero-order valence-electron chi connectivity index (χ0n) is 41.5. The van der Waals surface area contributed by atoms with Crippen LogP contribution in [-0.2, 0) is 44.5 Å². The Labute approximate surface area is 436 Å². The van der Waals surface area contributed by atoms with Gasteiger partial charge in [0.05, 0.1) is 41.6 Å². The van der Waals surface area contributed by atoms with Gasteiger partial charge in [0.15, 0.2) is 0 Å². The number of phosphoric acid groups is 1. The summed E-state index contributed by atoms with van der Waals surface area (Å²) in [4.78, 5) is 112. The minimum atomic E-state index is -5.00. The summed E-state index contributed by atoms with van der Waals surface area (Å²) in [6.45, 7) is 5.37. The number of anilines is 5. The van der Waals surface area contributed by atoms with Gasteiger partial charge in [-0.25, -0.2) is 19.5 Å². The molecule has 0 radical (unpaired) electrons. The number of carbonyl (C=O) groups is 5. The smallest absolute Gasteiger partial charge is 0.471 e. The Morgan fingerprint density at radius 3 is 2.33 bits per heavy atom. The molecule has 0 spiro atoms. The largest absolute Gasteiger partial charge is 0.480 e. The van der Waals surface area contributed by atoms with Gasteiger partial charge in [-0.05, 0) is 117 Å². The summed E-state index contributed by atoms with van der Waals surface area (Å²) in [7, 11) is -3.45. The molecule has 9 heterocycles. The molecular weight excluding hydrogens is 1000 g/mol. The fraction of sp³-hybridized carbons (Fsp3) is 0.423. The molecule has 1 aromatic carbocycles. The number of nitrogens with zero attached hydrogens (tertiary/aromatic N) is 9. The van der Waals surface area contributed by atoms with Crippen molar-refractivity contribution in [3.8, 4) is 17.0 Å². The zero-order chi connectivity index (χ0) is 52.3. The maximum absolute atomic E-state index is 14.0. The number of ether oxygens (including phenoxy) is 1. The molecule has 2 atom stereocenters. The van der Waals surface area contributed by atoms with E-state index in [1.165, 1.54) is 16.0 Å². The number of carbonyl (C=O) groups excluding carboxylic acids is 5. The Bertz CT molecular complexity index is 3160. The van der Waals surface area contributed by atoms with Gasteiger partial charge in [-0.2, -0.15) is 0 Å². The van der Waals surface area contributed by atoms with Crippen molar-refractivity contribution in [2.24, 2.45) is 0 Å².